The lowest BCUT2D eigenvalue weighted by Gasteiger charge is -2.45. The summed E-state index contributed by atoms with van der Waals surface area (Å²) in [4.78, 5) is 7.62. The van der Waals surface area contributed by atoms with E-state index in [2.05, 4.69) is 9.88 Å². The normalized spacial score (nSPS) is 22.4. The zero-order valence-corrected chi connectivity index (χ0v) is 22.2. The number of rotatable bonds is 6. The van der Waals surface area contributed by atoms with Gasteiger partial charge in [0.25, 0.3) is 5.60 Å². The highest BCUT2D eigenvalue weighted by molar-refractivity contribution is 7.89. The number of nitrogens with two attached hydrogens (primary N) is 1. The summed E-state index contributed by atoms with van der Waals surface area (Å²) < 4.78 is 114. The first-order valence-corrected chi connectivity index (χ1v) is 13.8. The molecule has 40 heavy (non-hydrogen) atoms. The van der Waals surface area contributed by atoms with E-state index in [0.29, 0.717) is 38.4 Å². The molecule has 0 unspecified atom stereocenters. The number of nitrogen functional groups attached to an aromatic ring is 1. The Morgan fingerprint density at radius 3 is 2.23 bits per heavy atom. The minimum Gasteiger partial charge on any atom is -0.384 e. The number of ether oxygens (including phenoxy) is 1. The van der Waals surface area contributed by atoms with Crippen LogP contribution in [0.25, 0.3) is 0 Å². The second-order valence-corrected chi connectivity index (χ2v) is 11.7. The maximum Gasteiger partial charge on any atom is 0.430 e. The van der Waals surface area contributed by atoms with Gasteiger partial charge in [-0.2, -0.15) is 30.6 Å². The molecule has 2 aliphatic heterocycles. The molecule has 2 saturated heterocycles. The summed E-state index contributed by atoms with van der Waals surface area (Å²) in [5.41, 5.74) is -0.552. The average molecular weight is 598 g/mol. The molecule has 0 spiro atoms. The molecule has 2 aliphatic rings. The fourth-order valence-electron chi connectivity index (χ4n) is 4.92. The molecule has 1 aromatic carbocycles. The number of aliphatic hydroxyl groups is 1. The molecule has 2 aromatic rings. The molecule has 1 aromatic heterocycles. The maximum absolute atomic E-state index is 13.3. The van der Waals surface area contributed by atoms with Gasteiger partial charge < -0.3 is 20.5 Å². The van der Waals surface area contributed by atoms with E-state index in [1.807, 2.05) is 6.92 Å². The van der Waals surface area contributed by atoms with Gasteiger partial charge in [0.15, 0.2) is 0 Å². The van der Waals surface area contributed by atoms with Gasteiger partial charge in [-0.3, -0.25) is 4.90 Å². The molecule has 0 radical (unpaired) electrons. The van der Waals surface area contributed by atoms with Gasteiger partial charge in [-0.25, -0.2) is 13.4 Å². The summed E-state index contributed by atoms with van der Waals surface area (Å²) in [6.45, 7) is 3.85. The van der Waals surface area contributed by atoms with Crippen molar-refractivity contribution in [2.75, 3.05) is 56.6 Å². The molecule has 0 saturated carbocycles. The summed E-state index contributed by atoms with van der Waals surface area (Å²) in [7, 11) is -3.97. The number of sulfonamides is 1. The fraction of sp³-hybridized carbons (Fsp3) is 0.542. The molecule has 3 N–H and O–H groups in total. The van der Waals surface area contributed by atoms with Crippen LogP contribution in [0.5, 0.6) is 0 Å². The Morgan fingerprint density at radius 2 is 1.68 bits per heavy atom. The lowest BCUT2D eigenvalue weighted by Crippen LogP contribution is -2.60. The topological polar surface area (TPSA) is 112 Å². The first-order chi connectivity index (χ1) is 18.6. The number of piperazine rings is 1. The van der Waals surface area contributed by atoms with Crippen LogP contribution in [0.2, 0.25) is 0 Å². The molecule has 222 valence electrons. The molecule has 0 aliphatic carbocycles. The third kappa shape index (κ3) is 5.72. The Hall–Kier alpha value is -2.66. The van der Waals surface area contributed by atoms with E-state index in [4.69, 9.17) is 10.5 Å². The van der Waals surface area contributed by atoms with Crippen molar-refractivity contribution < 1.29 is 44.6 Å². The predicted octanol–water partition coefficient (Wildman–Crippen LogP) is 2.58. The van der Waals surface area contributed by atoms with Crippen LogP contribution in [-0.4, -0.2) is 98.1 Å². The first-order valence-electron chi connectivity index (χ1n) is 12.3. The fourth-order valence-corrected chi connectivity index (χ4v) is 6.33. The van der Waals surface area contributed by atoms with Gasteiger partial charge in [-0.05, 0) is 31.2 Å². The number of anilines is 2. The van der Waals surface area contributed by atoms with Crippen molar-refractivity contribution in [3.63, 3.8) is 0 Å². The van der Waals surface area contributed by atoms with E-state index in [1.54, 1.807) is 4.90 Å². The number of alkyl halides is 6. The molecule has 0 amide bonds. The summed E-state index contributed by atoms with van der Waals surface area (Å²) in [6.07, 6.45) is -10.9. The van der Waals surface area contributed by atoms with Gasteiger partial charge in [0.2, 0.25) is 10.0 Å². The van der Waals surface area contributed by atoms with Gasteiger partial charge in [-0.15, -0.1) is 0 Å². The highest BCUT2D eigenvalue weighted by Gasteiger charge is 2.71. The molecule has 0 bridgehead atoms. The van der Waals surface area contributed by atoms with Crippen molar-refractivity contribution in [3.05, 3.63) is 48.2 Å². The number of morpholine rings is 1. The smallest absolute Gasteiger partial charge is 0.384 e. The van der Waals surface area contributed by atoms with Crippen molar-refractivity contribution in [2.45, 2.75) is 41.9 Å². The SMILES string of the molecule is C[C@H]1COCCN1C[C@H]1CN(S(=O)(=O)c2ccc(N)nc2)CCN1c1ccc(C(O)(C(F)(F)F)C(F)(F)F)cc1. The maximum atomic E-state index is 13.3. The van der Waals surface area contributed by atoms with E-state index >= 15 is 0 Å². The van der Waals surface area contributed by atoms with Crippen LogP contribution in [0, 0.1) is 0 Å². The molecular weight excluding hydrogens is 568 g/mol. The third-order valence-corrected chi connectivity index (χ3v) is 9.08. The molecule has 2 fully saturated rings. The molecule has 2 atom stereocenters. The lowest BCUT2D eigenvalue weighted by molar-refractivity contribution is -0.376. The van der Waals surface area contributed by atoms with Crippen LogP contribution in [0.3, 0.4) is 0 Å². The van der Waals surface area contributed by atoms with Crippen LogP contribution >= 0.6 is 0 Å². The van der Waals surface area contributed by atoms with Crippen LogP contribution in [0.15, 0.2) is 47.5 Å². The average Bonchev–Trinajstić information content (AvgIpc) is 2.88. The number of nitrogens with zero attached hydrogens (tertiary/aromatic N) is 4. The second-order valence-electron chi connectivity index (χ2n) is 9.80. The summed E-state index contributed by atoms with van der Waals surface area (Å²) in [6, 6.07) is 5.51. The summed E-state index contributed by atoms with van der Waals surface area (Å²) >= 11 is 0. The van der Waals surface area contributed by atoms with Crippen LogP contribution in [0.4, 0.5) is 37.8 Å². The molecule has 3 heterocycles. The lowest BCUT2D eigenvalue weighted by atomic mass is 9.92. The van der Waals surface area contributed by atoms with Crippen LogP contribution < -0.4 is 10.6 Å². The Morgan fingerprint density at radius 1 is 1.02 bits per heavy atom. The summed E-state index contributed by atoms with van der Waals surface area (Å²) in [5, 5.41) is 9.74. The van der Waals surface area contributed by atoms with Gasteiger partial charge in [0.1, 0.15) is 10.7 Å². The van der Waals surface area contributed by atoms with E-state index in [1.165, 1.54) is 16.4 Å². The van der Waals surface area contributed by atoms with Crippen molar-refractivity contribution in [1.29, 1.82) is 0 Å². The van der Waals surface area contributed by atoms with Crippen molar-refractivity contribution >= 4 is 21.5 Å². The van der Waals surface area contributed by atoms with E-state index in [0.717, 1.165) is 18.3 Å². The second kappa shape index (κ2) is 11.0. The molecule has 4 rings (SSSR count). The monoisotopic (exact) mass is 597 g/mol. The highest BCUT2D eigenvalue weighted by atomic mass is 32.2. The van der Waals surface area contributed by atoms with Crippen LogP contribution in [0.1, 0.15) is 12.5 Å². The number of hydrogen-bond donors (Lipinski definition) is 2. The van der Waals surface area contributed by atoms with Crippen LogP contribution in [-0.2, 0) is 20.4 Å². The minimum absolute atomic E-state index is 0.000153. The summed E-state index contributed by atoms with van der Waals surface area (Å²) in [5.74, 6) is 0.148. The zero-order valence-electron chi connectivity index (χ0n) is 21.4. The number of halogens is 6. The molecule has 16 heteroatoms. The van der Waals surface area contributed by atoms with E-state index < -0.39 is 39.6 Å². The molecular formula is C24H29F6N5O4S. The quantitative estimate of drug-likeness (QED) is 0.489. The highest BCUT2D eigenvalue weighted by Crippen LogP contribution is 2.50. The zero-order chi connectivity index (χ0) is 29.5. The standard InChI is InChI=1S/C24H29F6N5O4S/c1-16-15-39-11-10-33(16)13-19-14-34(40(37,38)20-6-7-21(31)32-12-20)8-9-35(19)18-4-2-17(3-5-18)22(36,23(25,26)27)24(28,29)30/h2-7,12,16,19,36H,8-11,13-15H2,1H3,(H2,31,32)/t16-,19-/m0/s1. The van der Waals surface area contributed by atoms with Gasteiger partial charge in [0, 0.05) is 56.2 Å². The van der Waals surface area contributed by atoms with E-state index in [-0.39, 0.29) is 42.1 Å². The Kier molecular flexibility index (Phi) is 8.31. The Bertz CT molecular complexity index is 1260. The van der Waals surface area contributed by atoms with E-state index in [9.17, 15) is 39.9 Å². The van der Waals surface area contributed by atoms with Crippen molar-refractivity contribution in [3.8, 4) is 0 Å². The minimum atomic E-state index is -6.00. The number of aromatic nitrogens is 1. The van der Waals surface area contributed by atoms with Gasteiger partial charge in [0.05, 0.1) is 19.3 Å². The Balaban J connectivity index is 1.65. The van der Waals surface area contributed by atoms with Crippen molar-refractivity contribution in [2.24, 2.45) is 0 Å². The number of pyridine rings is 1. The van der Waals surface area contributed by atoms with Gasteiger partial charge in [-0.1, -0.05) is 12.1 Å². The Labute approximate surface area is 227 Å². The first kappa shape index (κ1) is 30.3. The van der Waals surface area contributed by atoms with Gasteiger partial charge >= 0.3 is 12.4 Å². The predicted molar refractivity (Wildman–Crippen MR) is 133 cm³/mol. The molecule has 9 nitrogen and oxygen atoms in total. The number of benzene rings is 1. The largest absolute Gasteiger partial charge is 0.430 e. The number of hydrogen-bond acceptors (Lipinski definition) is 8. The third-order valence-electron chi connectivity index (χ3n) is 7.23. The van der Waals surface area contributed by atoms with Crippen molar-refractivity contribution in [1.82, 2.24) is 14.2 Å².